The smallest absolute Gasteiger partial charge is 0.234 e. The van der Waals surface area contributed by atoms with Gasteiger partial charge in [-0.05, 0) is 38.8 Å². The van der Waals surface area contributed by atoms with E-state index in [4.69, 9.17) is 0 Å². The van der Waals surface area contributed by atoms with Gasteiger partial charge in [0.2, 0.25) is 5.91 Å². The number of carbonyl (C=O) groups excluding carboxylic acids is 1. The Labute approximate surface area is 82.0 Å². The predicted octanol–water partition coefficient (Wildman–Crippen LogP) is 1.10. The highest BCUT2D eigenvalue weighted by molar-refractivity contribution is 5.77. The maximum Gasteiger partial charge on any atom is 0.234 e. The van der Waals surface area contributed by atoms with Gasteiger partial charge in [-0.3, -0.25) is 9.69 Å². The highest BCUT2D eigenvalue weighted by atomic mass is 16.2. The van der Waals surface area contributed by atoms with E-state index in [0.717, 1.165) is 25.6 Å². The monoisotopic (exact) mass is 186 g/mol. The van der Waals surface area contributed by atoms with E-state index >= 15 is 0 Å². The van der Waals surface area contributed by atoms with Crippen LogP contribution in [0.5, 0.6) is 0 Å². The van der Waals surface area contributed by atoms with Crippen LogP contribution in [0.4, 0.5) is 0 Å². The molecule has 0 saturated carbocycles. The van der Waals surface area contributed by atoms with Gasteiger partial charge in [0.1, 0.15) is 0 Å². The molecule has 0 aromatic rings. The van der Waals surface area contributed by atoms with Crippen LogP contribution in [0.15, 0.2) is 0 Å². The summed E-state index contributed by atoms with van der Waals surface area (Å²) in [5.74, 6) is 1.00. The van der Waals surface area contributed by atoms with Crippen LogP contribution in [-0.2, 0) is 4.79 Å². The quantitative estimate of drug-likeness (QED) is 0.716. The van der Waals surface area contributed by atoms with Crippen molar-refractivity contribution in [2.75, 3.05) is 26.2 Å². The lowest BCUT2D eigenvalue weighted by Crippen LogP contribution is -2.41. The first-order valence-corrected chi connectivity index (χ1v) is 5.21. The van der Waals surface area contributed by atoms with Gasteiger partial charge < -0.3 is 5.32 Å². The number of likely N-dealkylation sites (tertiary alicyclic amines) is 1. The topological polar surface area (TPSA) is 32.3 Å². The van der Waals surface area contributed by atoms with E-state index in [-0.39, 0.29) is 7.33 Å². The first-order valence-electron chi connectivity index (χ1n) is 5.21. The number of hydrogen-bond acceptors (Lipinski definition) is 2. The van der Waals surface area contributed by atoms with Gasteiger partial charge in [0.25, 0.3) is 0 Å². The van der Waals surface area contributed by atoms with Crippen LogP contribution in [0.25, 0.3) is 0 Å². The second kappa shape index (κ2) is 5.22. The first-order chi connectivity index (χ1) is 6.22. The fraction of sp³-hybridized carbons (Fsp3) is 0.900. The number of piperidine rings is 1. The van der Waals surface area contributed by atoms with Crippen LogP contribution in [0.1, 0.15) is 28.1 Å². The molecule has 1 saturated heterocycles. The highest BCUT2D eigenvalue weighted by Gasteiger charge is 2.17. The molecule has 1 rings (SSSR count). The third kappa shape index (κ3) is 3.77. The second-order valence-corrected chi connectivity index (χ2v) is 3.91. The van der Waals surface area contributed by atoms with Crippen molar-refractivity contribution in [3.05, 3.63) is 0 Å². The lowest BCUT2D eigenvalue weighted by molar-refractivity contribution is -0.122. The summed E-state index contributed by atoms with van der Waals surface area (Å²) in [6.07, 6.45) is 2.47. The molecule has 78 valence electrons. The average molecular weight is 186 g/mol. The molecule has 0 unspecified atom stereocenters. The molecule has 0 aromatic carbocycles. The van der Waals surface area contributed by atoms with Crippen LogP contribution in [0, 0.1) is 5.92 Å². The number of rotatable bonds is 3. The van der Waals surface area contributed by atoms with E-state index < -0.39 is 0 Å². The summed E-state index contributed by atoms with van der Waals surface area (Å²) in [5, 5.41) is 2.82. The second-order valence-electron chi connectivity index (χ2n) is 3.91. The van der Waals surface area contributed by atoms with E-state index in [9.17, 15) is 4.79 Å². The van der Waals surface area contributed by atoms with Crippen molar-refractivity contribution in [1.82, 2.24) is 10.2 Å². The Hall–Kier alpha value is -0.570. The summed E-state index contributed by atoms with van der Waals surface area (Å²) in [7, 11) is 0. The SMILES string of the molecule is CCNC(=O)CN1CCC(C)CC1.[HH]. The zero-order chi connectivity index (χ0) is 9.68. The van der Waals surface area contributed by atoms with Crippen molar-refractivity contribution in [2.24, 2.45) is 5.92 Å². The molecule has 1 fully saturated rings. The molecule has 3 heteroatoms. The van der Waals surface area contributed by atoms with E-state index in [0.29, 0.717) is 6.54 Å². The standard InChI is InChI=1S/C10H20N2O.H2/c1-3-11-10(13)8-12-6-4-9(2)5-7-12;/h9H,3-8H2,1-2H3,(H,11,13);1H. The summed E-state index contributed by atoms with van der Waals surface area (Å²) >= 11 is 0. The maximum absolute atomic E-state index is 11.2. The van der Waals surface area contributed by atoms with Crippen molar-refractivity contribution in [2.45, 2.75) is 26.7 Å². The summed E-state index contributed by atoms with van der Waals surface area (Å²) in [5.41, 5.74) is 0. The van der Waals surface area contributed by atoms with Crippen molar-refractivity contribution in [3.63, 3.8) is 0 Å². The molecule has 0 aromatic heterocycles. The molecule has 1 N–H and O–H groups in total. The molecule has 1 aliphatic heterocycles. The van der Waals surface area contributed by atoms with Gasteiger partial charge in [-0.15, -0.1) is 0 Å². The normalized spacial score (nSPS) is 20.2. The molecule has 0 aliphatic carbocycles. The van der Waals surface area contributed by atoms with E-state index in [1.807, 2.05) is 6.92 Å². The largest absolute Gasteiger partial charge is 0.355 e. The summed E-state index contributed by atoms with van der Waals surface area (Å²) in [6.45, 7) is 7.72. The number of nitrogens with zero attached hydrogens (tertiary/aromatic N) is 1. The number of nitrogens with one attached hydrogen (secondary N) is 1. The fourth-order valence-corrected chi connectivity index (χ4v) is 1.68. The van der Waals surface area contributed by atoms with E-state index in [2.05, 4.69) is 17.1 Å². The third-order valence-electron chi connectivity index (χ3n) is 2.62. The Bertz CT molecular complexity index is 168. The Balaban J connectivity index is 0.00000169. The zero-order valence-corrected chi connectivity index (χ0v) is 8.68. The van der Waals surface area contributed by atoms with Gasteiger partial charge in [-0.1, -0.05) is 6.92 Å². The maximum atomic E-state index is 11.2. The molecule has 3 nitrogen and oxygen atoms in total. The number of carbonyl (C=O) groups is 1. The Morgan fingerprint density at radius 2 is 2.15 bits per heavy atom. The number of hydrogen-bond donors (Lipinski definition) is 1. The van der Waals surface area contributed by atoms with E-state index in [1.54, 1.807) is 0 Å². The van der Waals surface area contributed by atoms with Gasteiger partial charge in [-0.2, -0.15) is 0 Å². The van der Waals surface area contributed by atoms with Crippen LogP contribution in [0.3, 0.4) is 0 Å². The molecule has 0 radical (unpaired) electrons. The number of likely N-dealkylation sites (N-methyl/N-ethyl adjacent to an activating group) is 1. The molecule has 0 bridgehead atoms. The molecule has 0 spiro atoms. The molecule has 1 heterocycles. The third-order valence-corrected chi connectivity index (χ3v) is 2.62. The minimum absolute atomic E-state index is 0. The van der Waals surface area contributed by atoms with Crippen molar-refractivity contribution in [1.29, 1.82) is 0 Å². The summed E-state index contributed by atoms with van der Waals surface area (Å²) in [6, 6.07) is 0. The molecular formula is C10H22N2O. The van der Waals surface area contributed by atoms with Gasteiger partial charge in [-0.25, -0.2) is 0 Å². The van der Waals surface area contributed by atoms with Gasteiger partial charge >= 0.3 is 0 Å². The lowest BCUT2D eigenvalue weighted by atomic mass is 9.99. The molecule has 13 heavy (non-hydrogen) atoms. The first kappa shape index (κ1) is 10.5. The zero-order valence-electron chi connectivity index (χ0n) is 8.68. The van der Waals surface area contributed by atoms with Crippen LogP contribution in [0.2, 0.25) is 0 Å². The molecule has 1 amide bonds. The molecular weight excluding hydrogens is 164 g/mol. The predicted molar refractivity (Wildman–Crippen MR) is 55.6 cm³/mol. The van der Waals surface area contributed by atoms with Crippen molar-refractivity contribution < 1.29 is 6.22 Å². The Kier molecular flexibility index (Phi) is 4.22. The molecule has 1 aliphatic rings. The Morgan fingerprint density at radius 3 is 2.69 bits per heavy atom. The average Bonchev–Trinajstić information content (AvgIpc) is 2.09. The molecule has 0 atom stereocenters. The lowest BCUT2D eigenvalue weighted by Gasteiger charge is -2.29. The van der Waals surface area contributed by atoms with E-state index in [1.165, 1.54) is 12.8 Å². The van der Waals surface area contributed by atoms with Crippen molar-refractivity contribution >= 4 is 5.91 Å². The van der Waals surface area contributed by atoms with Gasteiger partial charge in [0, 0.05) is 7.97 Å². The minimum Gasteiger partial charge on any atom is -0.355 e. The van der Waals surface area contributed by atoms with Crippen LogP contribution < -0.4 is 5.32 Å². The number of amides is 1. The summed E-state index contributed by atoms with van der Waals surface area (Å²) < 4.78 is 0. The van der Waals surface area contributed by atoms with Crippen LogP contribution in [-0.4, -0.2) is 37.0 Å². The van der Waals surface area contributed by atoms with Gasteiger partial charge in [0.05, 0.1) is 6.54 Å². The fourth-order valence-electron chi connectivity index (χ4n) is 1.68. The summed E-state index contributed by atoms with van der Waals surface area (Å²) in [4.78, 5) is 13.5. The van der Waals surface area contributed by atoms with Crippen molar-refractivity contribution in [3.8, 4) is 0 Å². The Morgan fingerprint density at radius 1 is 1.54 bits per heavy atom. The van der Waals surface area contributed by atoms with Gasteiger partial charge in [0.15, 0.2) is 0 Å². The minimum atomic E-state index is 0. The van der Waals surface area contributed by atoms with Crippen LogP contribution >= 0.6 is 0 Å². The highest BCUT2D eigenvalue weighted by Crippen LogP contribution is 2.15.